The zero-order valence-electron chi connectivity index (χ0n) is 14.6. The van der Waals surface area contributed by atoms with Crippen molar-refractivity contribution in [1.29, 1.82) is 15.8 Å². The lowest BCUT2D eigenvalue weighted by atomic mass is 9.57. The van der Waals surface area contributed by atoms with E-state index in [-0.39, 0.29) is 36.3 Å². The topological polar surface area (TPSA) is 127 Å². The molecule has 2 aliphatic rings. The highest BCUT2D eigenvalue weighted by molar-refractivity contribution is 5.69. The van der Waals surface area contributed by atoms with Gasteiger partial charge >= 0.3 is 6.09 Å². The molecule has 2 rings (SSSR count). The number of hydrogen-bond acceptors (Lipinski definition) is 6. The second-order valence-corrected chi connectivity index (χ2v) is 6.57. The minimum atomic E-state index is -1.58. The molecule has 25 heavy (non-hydrogen) atoms. The maximum absolute atomic E-state index is 12.1. The van der Waals surface area contributed by atoms with E-state index < -0.39 is 17.4 Å². The summed E-state index contributed by atoms with van der Waals surface area (Å²) in [6.07, 6.45) is 1.34. The fraction of sp³-hybridized carbons (Fsp3) is 0.556. The molecule has 2 atom stereocenters. The molecule has 1 amide bonds. The number of nitriles is 3. The number of amides is 1. The van der Waals surface area contributed by atoms with Gasteiger partial charge in [0.1, 0.15) is 6.07 Å². The Morgan fingerprint density at radius 2 is 2.08 bits per heavy atom. The van der Waals surface area contributed by atoms with Crippen molar-refractivity contribution in [3.05, 3.63) is 22.9 Å². The van der Waals surface area contributed by atoms with Crippen LogP contribution in [-0.4, -0.2) is 30.7 Å². The summed E-state index contributed by atoms with van der Waals surface area (Å²) in [6, 6.07) is 6.17. The molecule has 0 spiro atoms. The summed E-state index contributed by atoms with van der Waals surface area (Å²) in [5, 5.41) is 29.1. The fourth-order valence-electron chi connectivity index (χ4n) is 3.95. The molecule has 0 aromatic carbocycles. The van der Waals surface area contributed by atoms with Crippen LogP contribution in [0.25, 0.3) is 0 Å². The Hall–Kier alpha value is -2.98. The van der Waals surface area contributed by atoms with E-state index in [0.717, 1.165) is 5.57 Å². The Kier molecular flexibility index (Phi) is 5.04. The first-order valence-corrected chi connectivity index (χ1v) is 8.22. The third kappa shape index (κ3) is 2.71. The van der Waals surface area contributed by atoms with Crippen LogP contribution in [0, 0.1) is 57.2 Å². The third-order valence-electron chi connectivity index (χ3n) is 4.97. The number of ether oxygens (including phenoxy) is 1. The first kappa shape index (κ1) is 18.4. The number of hydrogen-bond donors (Lipinski definition) is 1. The Bertz CT molecular complexity index is 746. The van der Waals surface area contributed by atoms with E-state index in [0.29, 0.717) is 6.54 Å². The molecule has 1 aliphatic carbocycles. The second-order valence-electron chi connectivity index (χ2n) is 6.57. The van der Waals surface area contributed by atoms with Crippen LogP contribution in [0.2, 0.25) is 0 Å². The van der Waals surface area contributed by atoms with Gasteiger partial charge in [-0.05, 0) is 18.4 Å². The minimum absolute atomic E-state index is 0.0192. The standard InChI is InChI=1S/C18H21N5O2/c1-4-25-17(24)23-6-5-12-13(7-19)16(22)18(9-20,10-21)15(11(2)3)14(12)8-23/h5,11,14-15H,4,6,8,22H2,1-3H3/t14-,15-/m0/s1. The lowest BCUT2D eigenvalue weighted by molar-refractivity contribution is 0.0860. The maximum atomic E-state index is 12.1. The van der Waals surface area contributed by atoms with Crippen LogP contribution in [0.4, 0.5) is 4.79 Å². The van der Waals surface area contributed by atoms with E-state index in [2.05, 4.69) is 18.2 Å². The molecular formula is C18H21N5O2. The summed E-state index contributed by atoms with van der Waals surface area (Å²) < 4.78 is 5.06. The average Bonchev–Trinajstić information content (AvgIpc) is 2.60. The number of carbonyl (C=O) groups excluding carboxylic acids is 1. The molecule has 0 unspecified atom stereocenters. The van der Waals surface area contributed by atoms with Crippen molar-refractivity contribution in [3.63, 3.8) is 0 Å². The first-order chi connectivity index (χ1) is 11.9. The highest BCUT2D eigenvalue weighted by Crippen LogP contribution is 2.52. The molecule has 130 valence electrons. The Labute approximate surface area is 147 Å². The van der Waals surface area contributed by atoms with Gasteiger partial charge in [0.25, 0.3) is 0 Å². The fourth-order valence-corrected chi connectivity index (χ4v) is 3.95. The molecule has 0 aromatic rings. The number of rotatable bonds is 2. The first-order valence-electron chi connectivity index (χ1n) is 8.22. The minimum Gasteiger partial charge on any atom is -0.450 e. The highest BCUT2D eigenvalue weighted by atomic mass is 16.6. The number of carbonyl (C=O) groups is 1. The predicted octanol–water partition coefficient (Wildman–Crippen LogP) is 2.06. The van der Waals surface area contributed by atoms with Gasteiger partial charge in [0, 0.05) is 24.9 Å². The normalized spacial score (nSPS) is 24.5. The number of allylic oxidation sites excluding steroid dienone is 2. The summed E-state index contributed by atoms with van der Waals surface area (Å²) in [5.41, 5.74) is 5.48. The van der Waals surface area contributed by atoms with Crippen molar-refractivity contribution in [2.75, 3.05) is 19.7 Å². The Morgan fingerprint density at radius 1 is 1.44 bits per heavy atom. The number of nitrogens with two attached hydrogens (primary N) is 1. The monoisotopic (exact) mass is 339 g/mol. The third-order valence-corrected chi connectivity index (χ3v) is 4.97. The highest BCUT2D eigenvalue weighted by Gasteiger charge is 2.55. The van der Waals surface area contributed by atoms with Crippen LogP contribution in [0.15, 0.2) is 22.9 Å². The zero-order chi connectivity index (χ0) is 18.8. The summed E-state index contributed by atoms with van der Waals surface area (Å²) in [6.45, 7) is 6.42. The molecule has 0 bridgehead atoms. The van der Waals surface area contributed by atoms with Crippen LogP contribution in [0.3, 0.4) is 0 Å². The molecule has 0 saturated heterocycles. The van der Waals surface area contributed by atoms with Crippen LogP contribution in [-0.2, 0) is 4.74 Å². The van der Waals surface area contributed by atoms with Gasteiger partial charge in [0.05, 0.1) is 30.0 Å². The van der Waals surface area contributed by atoms with Crippen LogP contribution in [0.1, 0.15) is 20.8 Å². The van der Waals surface area contributed by atoms with Gasteiger partial charge in [-0.2, -0.15) is 15.8 Å². The maximum Gasteiger partial charge on any atom is 0.410 e. The molecule has 0 radical (unpaired) electrons. The molecule has 1 heterocycles. The van der Waals surface area contributed by atoms with Gasteiger partial charge in [-0.15, -0.1) is 0 Å². The van der Waals surface area contributed by atoms with Gasteiger partial charge in [-0.1, -0.05) is 19.9 Å². The van der Waals surface area contributed by atoms with Crippen molar-refractivity contribution < 1.29 is 9.53 Å². The predicted molar refractivity (Wildman–Crippen MR) is 89.0 cm³/mol. The smallest absolute Gasteiger partial charge is 0.410 e. The molecule has 7 heteroatoms. The SMILES string of the molecule is CCOC(=O)N1CC=C2C(C#N)=C(N)C(C#N)(C#N)[C@@H](C(C)C)[C@H]2C1. The van der Waals surface area contributed by atoms with Gasteiger partial charge in [0.15, 0.2) is 5.41 Å². The van der Waals surface area contributed by atoms with Crippen LogP contribution in [0.5, 0.6) is 0 Å². The molecular weight excluding hydrogens is 318 g/mol. The molecule has 0 saturated carbocycles. The Morgan fingerprint density at radius 3 is 2.56 bits per heavy atom. The molecule has 1 aliphatic heterocycles. The van der Waals surface area contributed by atoms with E-state index in [1.807, 2.05) is 13.8 Å². The molecule has 0 fully saturated rings. The van der Waals surface area contributed by atoms with Crippen molar-refractivity contribution in [2.24, 2.45) is 28.9 Å². The van der Waals surface area contributed by atoms with Crippen molar-refractivity contribution in [2.45, 2.75) is 20.8 Å². The lowest BCUT2D eigenvalue weighted by Gasteiger charge is -2.46. The van der Waals surface area contributed by atoms with Crippen LogP contribution < -0.4 is 5.73 Å². The van der Waals surface area contributed by atoms with E-state index >= 15 is 0 Å². The van der Waals surface area contributed by atoms with Gasteiger partial charge in [-0.3, -0.25) is 0 Å². The summed E-state index contributed by atoms with van der Waals surface area (Å²) in [5.74, 6) is -0.795. The molecule has 0 aromatic heterocycles. The number of nitrogens with zero attached hydrogens (tertiary/aromatic N) is 4. The lowest BCUT2D eigenvalue weighted by Crippen LogP contribution is -2.52. The van der Waals surface area contributed by atoms with Gasteiger partial charge in [-0.25, -0.2) is 4.79 Å². The quantitative estimate of drug-likeness (QED) is 0.820. The van der Waals surface area contributed by atoms with Crippen molar-refractivity contribution in [1.82, 2.24) is 4.90 Å². The Balaban J connectivity index is 2.63. The summed E-state index contributed by atoms with van der Waals surface area (Å²) >= 11 is 0. The summed E-state index contributed by atoms with van der Waals surface area (Å²) in [4.78, 5) is 13.6. The van der Waals surface area contributed by atoms with E-state index in [1.54, 1.807) is 13.0 Å². The van der Waals surface area contributed by atoms with E-state index in [4.69, 9.17) is 10.5 Å². The van der Waals surface area contributed by atoms with Gasteiger partial charge in [0.2, 0.25) is 0 Å². The molecule has 2 N–H and O–H groups in total. The second kappa shape index (κ2) is 6.87. The largest absolute Gasteiger partial charge is 0.450 e. The number of fused-ring (bicyclic) bond motifs is 1. The van der Waals surface area contributed by atoms with E-state index in [1.165, 1.54) is 4.90 Å². The zero-order valence-corrected chi connectivity index (χ0v) is 14.6. The summed E-state index contributed by atoms with van der Waals surface area (Å²) in [7, 11) is 0. The van der Waals surface area contributed by atoms with Crippen molar-refractivity contribution >= 4 is 6.09 Å². The average molecular weight is 339 g/mol. The molecule has 7 nitrogen and oxygen atoms in total. The van der Waals surface area contributed by atoms with E-state index in [9.17, 15) is 20.6 Å². The van der Waals surface area contributed by atoms with Gasteiger partial charge < -0.3 is 15.4 Å². The van der Waals surface area contributed by atoms with Crippen molar-refractivity contribution in [3.8, 4) is 18.2 Å². The van der Waals surface area contributed by atoms with Crippen LogP contribution >= 0.6 is 0 Å².